The monoisotopic (exact) mass is 1340 g/mol. The van der Waals surface area contributed by atoms with Crippen molar-refractivity contribution in [1.29, 1.82) is 0 Å². The summed E-state index contributed by atoms with van der Waals surface area (Å²) < 4.78 is 5.77. The van der Waals surface area contributed by atoms with Crippen molar-refractivity contribution in [1.82, 2.24) is 19.6 Å². The Morgan fingerprint density at radius 1 is 0.359 bits per heavy atom. The first-order chi connectivity index (χ1) is 45.2. The maximum absolute atomic E-state index is 13.0. The first kappa shape index (κ1) is 89.3. The fraction of sp³-hybridized carbons (Fsp3) is 0.938. The normalized spacial score (nSPS) is 14.9. The van der Waals surface area contributed by atoms with E-state index in [9.17, 15) is 25.2 Å². The molecule has 0 amide bonds. The summed E-state index contributed by atoms with van der Waals surface area (Å²) in [6.07, 6.45) is 71.0. The quantitative estimate of drug-likeness (QED) is 0.0201. The van der Waals surface area contributed by atoms with Gasteiger partial charge in [0.1, 0.15) is 6.61 Å². The minimum absolute atomic E-state index is 0.145. The zero-order chi connectivity index (χ0) is 66.5. The Morgan fingerprint density at radius 2 is 0.641 bits per heavy atom. The van der Waals surface area contributed by atoms with Gasteiger partial charge in [-0.2, -0.15) is 0 Å². The molecule has 4 N–H and O–H groups in total. The van der Waals surface area contributed by atoms with Gasteiger partial charge in [-0.3, -0.25) is 24.4 Å². The third-order valence-electron chi connectivity index (χ3n) is 19.3. The summed E-state index contributed by atoms with van der Waals surface area (Å²) in [6, 6.07) is 0. The van der Waals surface area contributed by atoms with E-state index in [0.717, 1.165) is 147 Å². The first-order valence-electron chi connectivity index (χ1n) is 40.5. The van der Waals surface area contributed by atoms with Gasteiger partial charge >= 0.3 is 5.97 Å². The Bertz CT molecular complexity index is 1460. The van der Waals surface area contributed by atoms with E-state index >= 15 is 0 Å². The van der Waals surface area contributed by atoms with Crippen LogP contribution in [-0.4, -0.2) is 167 Å². The highest BCUT2D eigenvalue weighted by Crippen LogP contribution is 2.24. The first-order valence-corrected chi connectivity index (χ1v) is 43.0. The van der Waals surface area contributed by atoms with Crippen LogP contribution in [0.1, 0.15) is 362 Å². The number of aliphatic hydroxyl groups excluding tert-OH is 4. The molecule has 1 heterocycles. The summed E-state index contributed by atoms with van der Waals surface area (Å²) in [5, 5.41) is 44.6. The molecule has 2 unspecified atom stereocenters. The van der Waals surface area contributed by atoms with E-state index in [1.165, 1.54) is 231 Å². The molecule has 1 rings (SSSR count). The van der Waals surface area contributed by atoms with Crippen LogP contribution in [0.5, 0.6) is 0 Å². The van der Waals surface area contributed by atoms with Crippen LogP contribution in [0.4, 0.5) is 0 Å². The minimum Gasteiger partial charge on any atom is -0.464 e. The molecule has 92 heavy (non-hydrogen) atoms. The van der Waals surface area contributed by atoms with E-state index in [-0.39, 0.29) is 18.2 Å². The Morgan fingerprint density at radius 3 is 0.978 bits per heavy atom. The number of carbonyl (C=O) groups excluding carboxylic acids is 1. The zero-order valence-electron chi connectivity index (χ0n) is 61.7. The summed E-state index contributed by atoms with van der Waals surface area (Å²) in [7, 11) is 3.99. The van der Waals surface area contributed by atoms with Crippen molar-refractivity contribution in [2.75, 3.05) is 96.6 Å². The van der Waals surface area contributed by atoms with Gasteiger partial charge in [0.25, 0.3) is 0 Å². The number of aliphatic hydroxyl groups is 4. The zero-order valence-corrected chi connectivity index (χ0v) is 63.3. The highest BCUT2D eigenvalue weighted by Gasteiger charge is 2.20. The number of esters is 1. The lowest BCUT2D eigenvalue weighted by Gasteiger charge is -2.34. The molecule has 0 aliphatic carbocycles. The molecule has 1 aliphatic heterocycles. The van der Waals surface area contributed by atoms with Gasteiger partial charge in [-0.1, -0.05) is 305 Å². The molecule has 1 saturated heterocycles. The van der Waals surface area contributed by atoms with Gasteiger partial charge in [0, 0.05) is 83.4 Å². The number of nitrogens with zero attached hydrogens (tertiary/aromatic N) is 4. The number of piperazine rings is 1. The summed E-state index contributed by atoms with van der Waals surface area (Å²) in [4.78, 5) is 22.6. The van der Waals surface area contributed by atoms with Crippen molar-refractivity contribution in [3.63, 3.8) is 0 Å². The molecule has 0 spiro atoms. The summed E-state index contributed by atoms with van der Waals surface area (Å²) in [6.45, 7) is 19.6. The highest BCUT2D eigenvalue weighted by molar-refractivity contribution is 8.76. The lowest BCUT2D eigenvalue weighted by molar-refractivity contribution is -0.144. The Hall–Kier alpha value is -0.670. The molecule has 0 aromatic carbocycles. The second kappa shape index (κ2) is 71.6. The van der Waals surface area contributed by atoms with E-state index in [1.54, 1.807) is 0 Å². The largest absolute Gasteiger partial charge is 0.464 e. The van der Waals surface area contributed by atoms with Crippen LogP contribution < -0.4 is 0 Å². The van der Waals surface area contributed by atoms with Crippen LogP contribution in [0, 0.1) is 0 Å². The Kier molecular flexibility index (Phi) is 69.5. The SMILES string of the molecule is CCCCCCCC/C=C\CCCCCC[C@@H](O)CN(CCCC(=O)OCCN1CCN(CCSSCCCCN(CC(O)CCCCCCCCCCCC)CC(O)CCCCCCCCCCCC)CC1)C[C@H](O)CCCCCC/C=C\CCCCCCCC. The molecule has 0 bridgehead atoms. The topological polar surface area (TPSA) is 120 Å². The highest BCUT2D eigenvalue weighted by atomic mass is 33.1. The lowest BCUT2D eigenvalue weighted by atomic mass is 10.0. The number of hydrogen-bond donors (Lipinski definition) is 4. The molecule has 1 aliphatic rings. The maximum atomic E-state index is 13.0. The van der Waals surface area contributed by atoms with E-state index in [0.29, 0.717) is 52.2 Å². The fourth-order valence-corrected chi connectivity index (χ4v) is 15.4. The van der Waals surface area contributed by atoms with Crippen molar-refractivity contribution in [3.05, 3.63) is 24.3 Å². The molecule has 12 heteroatoms. The van der Waals surface area contributed by atoms with Crippen LogP contribution in [-0.2, 0) is 9.53 Å². The van der Waals surface area contributed by atoms with Crippen LogP contribution in [0.15, 0.2) is 24.3 Å². The number of hydrogen-bond acceptors (Lipinski definition) is 12. The van der Waals surface area contributed by atoms with Gasteiger partial charge in [-0.15, -0.1) is 0 Å². The van der Waals surface area contributed by atoms with Gasteiger partial charge < -0.3 is 25.2 Å². The molecule has 0 aromatic rings. The Balaban J connectivity index is 2.42. The smallest absolute Gasteiger partial charge is 0.305 e. The molecular formula is C80H158N4O6S2. The fourth-order valence-electron chi connectivity index (χ4n) is 13.2. The van der Waals surface area contributed by atoms with Crippen molar-refractivity contribution in [2.24, 2.45) is 0 Å². The van der Waals surface area contributed by atoms with Crippen molar-refractivity contribution >= 4 is 27.6 Å². The van der Waals surface area contributed by atoms with Crippen LogP contribution >= 0.6 is 21.6 Å². The molecule has 546 valence electrons. The number of unbranched alkanes of at least 4 members (excludes halogenated alkanes) is 39. The van der Waals surface area contributed by atoms with Crippen LogP contribution in [0.3, 0.4) is 0 Å². The van der Waals surface area contributed by atoms with E-state index in [4.69, 9.17) is 4.74 Å². The second-order valence-corrected chi connectivity index (χ2v) is 31.2. The van der Waals surface area contributed by atoms with Gasteiger partial charge in [0.2, 0.25) is 0 Å². The summed E-state index contributed by atoms with van der Waals surface area (Å²) in [5.74, 6) is 2.11. The van der Waals surface area contributed by atoms with Gasteiger partial charge in [-0.05, 0) is 109 Å². The van der Waals surface area contributed by atoms with Gasteiger partial charge in [0.15, 0.2) is 0 Å². The summed E-state index contributed by atoms with van der Waals surface area (Å²) in [5.41, 5.74) is 0. The molecule has 4 atom stereocenters. The van der Waals surface area contributed by atoms with Crippen LogP contribution in [0.25, 0.3) is 0 Å². The second-order valence-electron chi connectivity index (χ2n) is 28.5. The Labute approximate surface area is 580 Å². The standard InChI is InChI=1S/C80H158N4O6S2/c1-5-9-13-17-21-25-29-31-33-35-39-43-47-51-58-78(87)74-84(75-79(88)59-52-48-44-40-36-34-32-30-26-22-18-14-10-6-2)62-55-60-80(89)90-69-67-81-63-65-82(66-64-81)68-71-92-91-70-54-53-61-83(72-76(85)56-49-45-41-37-27-23-19-15-11-7-3)73-77(86)57-50-46-42-38-28-24-20-16-12-8-4/h31-34,76-79,85-88H,5-30,35-75H2,1-4H3/b33-31-,34-32-/t76?,77?,78-,79-/m1/s1. The molecule has 0 aromatic heterocycles. The molecule has 0 radical (unpaired) electrons. The average Bonchev–Trinajstić information content (AvgIpc) is 3.05. The average molecular weight is 1340 g/mol. The predicted octanol–water partition coefficient (Wildman–Crippen LogP) is 21.1. The lowest BCUT2D eigenvalue weighted by Crippen LogP contribution is -2.47. The molecule has 1 fully saturated rings. The van der Waals surface area contributed by atoms with Gasteiger partial charge in [-0.25, -0.2) is 0 Å². The van der Waals surface area contributed by atoms with Crippen molar-refractivity contribution in [3.8, 4) is 0 Å². The maximum Gasteiger partial charge on any atom is 0.305 e. The predicted molar refractivity (Wildman–Crippen MR) is 407 cm³/mol. The van der Waals surface area contributed by atoms with Crippen LogP contribution in [0.2, 0.25) is 0 Å². The van der Waals surface area contributed by atoms with E-state index < -0.39 is 12.2 Å². The van der Waals surface area contributed by atoms with E-state index in [2.05, 4.69) is 71.6 Å². The third kappa shape index (κ3) is 64.0. The number of ether oxygens (including phenoxy) is 1. The number of rotatable bonds is 74. The van der Waals surface area contributed by atoms with Crippen molar-refractivity contribution < 1.29 is 30.0 Å². The number of allylic oxidation sites excluding steroid dienone is 4. The molecule has 0 saturated carbocycles. The van der Waals surface area contributed by atoms with E-state index in [1.807, 2.05) is 21.6 Å². The molecular weight excluding hydrogens is 1180 g/mol. The van der Waals surface area contributed by atoms with Gasteiger partial charge in [0.05, 0.1) is 24.4 Å². The minimum atomic E-state index is -0.427. The summed E-state index contributed by atoms with van der Waals surface area (Å²) >= 11 is 0. The third-order valence-corrected chi connectivity index (χ3v) is 21.7. The molecule has 10 nitrogen and oxygen atoms in total. The number of carbonyl (C=O) groups is 1. The van der Waals surface area contributed by atoms with Crippen molar-refractivity contribution in [2.45, 2.75) is 386 Å².